The molecule has 5 heteroatoms. The highest BCUT2D eigenvalue weighted by Gasteiger charge is 2.32. The minimum Gasteiger partial charge on any atom is -0.299 e. The Labute approximate surface area is 109 Å². The van der Waals surface area contributed by atoms with Gasteiger partial charge in [0.05, 0.1) is 11.3 Å². The SMILES string of the molecule is CSC1=NN[C@@H](c2ccccc2)[C@H](C(C)=O)S1. The maximum atomic E-state index is 11.7. The van der Waals surface area contributed by atoms with Crippen molar-refractivity contribution in [1.82, 2.24) is 5.43 Å². The topological polar surface area (TPSA) is 41.5 Å². The molecule has 1 aliphatic heterocycles. The molecule has 0 fully saturated rings. The van der Waals surface area contributed by atoms with Gasteiger partial charge >= 0.3 is 0 Å². The van der Waals surface area contributed by atoms with Gasteiger partial charge in [-0.1, -0.05) is 42.1 Å². The van der Waals surface area contributed by atoms with E-state index in [1.165, 1.54) is 0 Å². The Morgan fingerprint density at radius 3 is 2.71 bits per heavy atom. The minimum atomic E-state index is -0.0997. The third-order valence-corrected chi connectivity index (χ3v) is 4.94. The minimum absolute atomic E-state index is 0.0328. The summed E-state index contributed by atoms with van der Waals surface area (Å²) >= 11 is 3.11. The number of thioether (sulfide) groups is 2. The zero-order chi connectivity index (χ0) is 12.3. The van der Waals surface area contributed by atoms with E-state index in [0.717, 1.165) is 9.94 Å². The fourth-order valence-electron chi connectivity index (χ4n) is 1.71. The summed E-state index contributed by atoms with van der Waals surface area (Å²) in [5, 5.41) is 4.18. The van der Waals surface area contributed by atoms with Crippen LogP contribution < -0.4 is 5.43 Å². The zero-order valence-corrected chi connectivity index (χ0v) is 11.3. The first-order valence-corrected chi connectivity index (χ1v) is 7.42. The van der Waals surface area contributed by atoms with Gasteiger partial charge in [-0.25, -0.2) is 0 Å². The second kappa shape index (κ2) is 5.60. The Morgan fingerprint density at radius 2 is 2.12 bits per heavy atom. The zero-order valence-electron chi connectivity index (χ0n) is 9.71. The molecule has 1 N–H and O–H groups in total. The highest BCUT2D eigenvalue weighted by molar-refractivity contribution is 8.39. The molecular formula is C12H14N2OS2. The van der Waals surface area contributed by atoms with Gasteiger partial charge in [-0.2, -0.15) is 5.10 Å². The van der Waals surface area contributed by atoms with Crippen molar-refractivity contribution >= 4 is 33.7 Å². The molecule has 0 amide bonds. The van der Waals surface area contributed by atoms with Crippen LogP contribution in [-0.2, 0) is 4.79 Å². The lowest BCUT2D eigenvalue weighted by Crippen LogP contribution is -2.36. The fourth-order valence-corrected chi connectivity index (χ4v) is 3.40. The Hall–Kier alpha value is -0.940. The lowest BCUT2D eigenvalue weighted by molar-refractivity contribution is -0.117. The van der Waals surface area contributed by atoms with Crippen molar-refractivity contribution in [3.05, 3.63) is 35.9 Å². The molecule has 0 unspecified atom stereocenters. The van der Waals surface area contributed by atoms with E-state index in [4.69, 9.17) is 0 Å². The number of Topliss-reactive ketones (excluding diaryl/α,β-unsaturated/α-hetero) is 1. The van der Waals surface area contributed by atoms with Gasteiger partial charge < -0.3 is 0 Å². The number of rotatable bonds is 2. The summed E-state index contributed by atoms with van der Waals surface area (Å²) in [7, 11) is 0. The van der Waals surface area contributed by atoms with E-state index in [1.54, 1.807) is 30.4 Å². The molecule has 90 valence electrons. The normalized spacial score (nSPS) is 23.8. The number of hydrogen-bond donors (Lipinski definition) is 1. The van der Waals surface area contributed by atoms with Crippen LogP contribution >= 0.6 is 23.5 Å². The number of nitrogens with one attached hydrogen (secondary N) is 1. The predicted molar refractivity (Wildman–Crippen MR) is 75.3 cm³/mol. The van der Waals surface area contributed by atoms with Crippen molar-refractivity contribution < 1.29 is 4.79 Å². The first-order valence-electron chi connectivity index (χ1n) is 5.31. The van der Waals surface area contributed by atoms with Crippen LogP contribution in [-0.4, -0.2) is 21.7 Å². The molecule has 0 bridgehead atoms. The highest BCUT2D eigenvalue weighted by Crippen LogP contribution is 2.34. The summed E-state index contributed by atoms with van der Waals surface area (Å²) in [5.41, 5.74) is 4.19. The summed E-state index contributed by atoms with van der Waals surface area (Å²) in [5.74, 6) is 0.179. The van der Waals surface area contributed by atoms with Gasteiger partial charge in [0.15, 0.2) is 0 Å². The van der Waals surface area contributed by atoms with Crippen molar-refractivity contribution in [2.24, 2.45) is 5.10 Å². The molecule has 2 rings (SSSR count). The third kappa shape index (κ3) is 2.84. The molecule has 1 aliphatic rings. The third-order valence-electron chi connectivity index (χ3n) is 2.56. The van der Waals surface area contributed by atoms with E-state index in [2.05, 4.69) is 10.5 Å². The molecule has 0 aliphatic carbocycles. The first kappa shape index (κ1) is 12.5. The van der Waals surface area contributed by atoms with Crippen LogP contribution in [0.15, 0.2) is 35.4 Å². The lowest BCUT2D eigenvalue weighted by atomic mass is 10.0. The molecule has 17 heavy (non-hydrogen) atoms. The van der Waals surface area contributed by atoms with Crippen molar-refractivity contribution in [3.63, 3.8) is 0 Å². The summed E-state index contributed by atoms with van der Waals surface area (Å²) in [6, 6.07) is 9.94. The quantitative estimate of drug-likeness (QED) is 0.893. The van der Waals surface area contributed by atoms with Gasteiger partial charge in [0, 0.05) is 0 Å². The molecule has 1 aromatic rings. The van der Waals surface area contributed by atoms with Crippen LogP contribution in [0.5, 0.6) is 0 Å². The van der Waals surface area contributed by atoms with E-state index >= 15 is 0 Å². The van der Waals surface area contributed by atoms with Crippen molar-refractivity contribution in [3.8, 4) is 0 Å². The number of benzene rings is 1. The molecule has 0 spiro atoms. The van der Waals surface area contributed by atoms with E-state index in [9.17, 15) is 4.79 Å². The largest absolute Gasteiger partial charge is 0.299 e. The molecule has 0 aromatic heterocycles. The molecule has 0 radical (unpaired) electrons. The van der Waals surface area contributed by atoms with Crippen molar-refractivity contribution in [2.75, 3.05) is 6.26 Å². The molecule has 0 saturated carbocycles. The van der Waals surface area contributed by atoms with Crippen LogP contribution in [0.3, 0.4) is 0 Å². The van der Waals surface area contributed by atoms with E-state index in [1.807, 2.05) is 36.6 Å². The second-order valence-corrected chi connectivity index (χ2v) is 5.93. The lowest BCUT2D eigenvalue weighted by Gasteiger charge is -2.29. The maximum Gasteiger partial charge on any atom is 0.150 e. The fraction of sp³-hybridized carbons (Fsp3) is 0.333. The van der Waals surface area contributed by atoms with Gasteiger partial charge in [-0.15, -0.1) is 11.8 Å². The number of carbonyl (C=O) groups is 1. The summed E-state index contributed by atoms with van der Waals surface area (Å²) < 4.78 is 0.914. The standard InChI is InChI=1S/C12H14N2OS2/c1-8(15)11-10(9-6-4-3-5-7-9)13-14-12(16-2)17-11/h3-7,10-11,13H,1-2H3/t10-,11-/m0/s1. The van der Waals surface area contributed by atoms with E-state index in [0.29, 0.717) is 0 Å². The smallest absolute Gasteiger partial charge is 0.150 e. The number of carbonyl (C=O) groups excluding carboxylic acids is 1. The molecule has 2 atom stereocenters. The Balaban J connectivity index is 2.27. The average molecular weight is 266 g/mol. The van der Waals surface area contributed by atoms with Gasteiger partial charge in [0.2, 0.25) is 0 Å². The summed E-state index contributed by atoms with van der Waals surface area (Å²) in [4.78, 5) is 11.7. The average Bonchev–Trinajstić information content (AvgIpc) is 2.39. The van der Waals surface area contributed by atoms with Crippen LogP contribution in [0, 0.1) is 0 Å². The molecule has 1 aromatic carbocycles. The Kier molecular flexibility index (Phi) is 4.12. The van der Waals surface area contributed by atoms with Gasteiger partial charge in [-0.3, -0.25) is 10.2 Å². The molecular weight excluding hydrogens is 252 g/mol. The number of hydrazone groups is 1. The summed E-state index contributed by atoms with van der Waals surface area (Å²) in [6.07, 6.45) is 1.97. The van der Waals surface area contributed by atoms with Gasteiger partial charge in [0.25, 0.3) is 0 Å². The monoisotopic (exact) mass is 266 g/mol. The number of ketones is 1. The van der Waals surface area contributed by atoms with Gasteiger partial charge in [-0.05, 0) is 18.7 Å². The Bertz CT molecular complexity index is 433. The van der Waals surface area contributed by atoms with Gasteiger partial charge in [0.1, 0.15) is 10.2 Å². The summed E-state index contributed by atoms with van der Waals surface area (Å²) in [6.45, 7) is 1.64. The van der Waals surface area contributed by atoms with Crippen LogP contribution in [0.4, 0.5) is 0 Å². The maximum absolute atomic E-state index is 11.7. The number of hydrogen-bond acceptors (Lipinski definition) is 5. The molecule has 3 nitrogen and oxygen atoms in total. The van der Waals surface area contributed by atoms with E-state index in [-0.39, 0.29) is 17.1 Å². The van der Waals surface area contributed by atoms with E-state index < -0.39 is 0 Å². The predicted octanol–water partition coefficient (Wildman–Crippen LogP) is 2.66. The van der Waals surface area contributed by atoms with Crippen molar-refractivity contribution in [2.45, 2.75) is 18.2 Å². The van der Waals surface area contributed by atoms with Crippen LogP contribution in [0.1, 0.15) is 18.5 Å². The second-order valence-electron chi connectivity index (χ2n) is 3.75. The first-order chi connectivity index (χ1) is 8.22. The highest BCUT2D eigenvalue weighted by atomic mass is 32.2. The van der Waals surface area contributed by atoms with Crippen LogP contribution in [0.2, 0.25) is 0 Å². The number of nitrogens with zero attached hydrogens (tertiary/aromatic N) is 1. The van der Waals surface area contributed by atoms with Crippen LogP contribution in [0.25, 0.3) is 0 Å². The molecule has 1 heterocycles. The Morgan fingerprint density at radius 1 is 1.41 bits per heavy atom. The van der Waals surface area contributed by atoms with Crippen molar-refractivity contribution in [1.29, 1.82) is 0 Å². The molecule has 0 saturated heterocycles.